The van der Waals surface area contributed by atoms with Gasteiger partial charge in [-0.25, -0.2) is 0 Å². The molecule has 1 aromatic carbocycles. The number of benzene rings is 1. The van der Waals surface area contributed by atoms with Crippen molar-refractivity contribution >= 4 is 29.0 Å². The number of nitrogens with one attached hydrogen (secondary N) is 2. The molecule has 1 aliphatic rings. The Morgan fingerprint density at radius 3 is 2.94 bits per heavy atom. The van der Waals surface area contributed by atoms with E-state index >= 15 is 0 Å². The second-order valence-electron chi connectivity index (χ2n) is 4.82. The molecule has 4 heteroatoms. The molecule has 1 aliphatic heterocycles. The van der Waals surface area contributed by atoms with Crippen molar-refractivity contribution in [3.05, 3.63) is 23.8 Å². The first-order chi connectivity index (χ1) is 8.65. The fourth-order valence-electron chi connectivity index (χ4n) is 2.11. The van der Waals surface area contributed by atoms with Crippen molar-refractivity contribution in [3.63, 3.8) is 0 Å². The van der Waals surface area contributed by atoms with E-state index in [2.05, 4.69) is 16.7 Å². The Hall–Kier alpha value is -1.16. The molecule has 1 atom stereocenters. The Bertz CT molecular complexity index is 428. The predicted molar refractivity (Wildman–Crippen MR) is 79.4 cm³/mol. The Morgan fingerprint density at radius 2 is 2.33 bits per heavy atom. The highest BCUT2D eigenvalue weighted by Gasteiger charge is 2.14. The predicted octanol–water partition coefficient (Wildman–Crippen LogP) is 3.12. The van der Waals surface area contributed by atoms with Gasteiger partial charge in [0, 0.05) is 24.8 Å². The van der Waals surface area contributed by atoms with Gasteiger partial charge in [0.25, 0.3) is 0 Å². The van der Waals surface area contributed by atoms with E-state index in [1.54, 1.807) is 0 Å². The first kappa shape index (κ1) is 13.3. The van der Waals surface area contributed by atoms with Gasteiger partial charge in [0.2, 0.25) is 5.91 Å². The molecule has 0 bridgehead atoms. The van der Waals surface area contributed by atoms with Gasteiger partial charge in [-0.3, -0.25) is 4.79 Å². The van der Waals surface area contributed by atoms with Crippen LogP contribution in [0.4, 0.5) is 11.4 Å². The van der Waals surface area contributed by atoms with Crippen LogP contribution in [0.5, 0.6) is 0 Å². The molecular formula is C14H20N2OS. The number of hydrogen-bond donors (Lipinski definition) is 2. The van der Waals surface area contributed by atoms with E-state index in [9.17, 15) is 4.79 Å². The molecule has 1 fully saturated rings. The Morgan fingerprint density at radius 1 is 1.50 bits per heavy atom. The number of anilines is 2. The van der Waals surface area contributed by atoms with Crippen LogP contribution in [-0.4, -0.2) is 24.0 Å². The SMILES string of the molecule is CC(=O)Nc1ccc(NCC2CCSC2)cc1C. The van der Waals surface area contributed by atoms with E-state index in [1.165, 1.54) is 24.9 Å². The summed E-state index contributed by atoms with van der Waals surface area (Å²) in [6, 6.07) is 6.08. The zero-order valence-electron chi connectivity index (χ0n) is 11.0. The van der Waals surface area contributed by atoms with Crippen LogP contribution in [0.1, 0.15) is 18.9 Å². The van der Waals surface area contributed by atoms with E-state index in [4.69, 9.17) is 0 Å². The maximum atomic E-state index is 11.0. The lowest BCUT2D eigenvalue weighted by atomic mass is 10.1. The molecule has 0 saturated carbocycles. The van der Waals surface area contributed by atoms with Crippen molar-refractivity contribution in [2.45, 2.75) is 20.3 Å². The standard InChI is InChI=1S/C14H20N2OS/c1-10-7-13(3-4-14(10)16-11(2)17)15-8-12-5-6-18-9-12/h3-4,7,12,15H,5-6,8-9H2,1-2H3,(H,16,17). The van der Waals surface area contributed by atoms with Gasteiger partial charge in [-0.05, 0) is 54.5 Å². The number of carbonyl (C=O) groups is 1. The van der Waals surface area contributed by atoms with Crippen LogP contribution >= 0.6 is 11.8 Å². The zero-order valence-corrected chi connectivity index (χ0v) is 11.8. The quantitative estimate of drug-likeness (QED) is 0.878. The summed E-state index contributed by atoms with van der Waals surface area (Å²) >= 11 is 2.04. The summed E-state index contributed by atoms with van der Waals surface area (Å²) in [5.41, 5.74) is 3.12. The van der Waals surface area contributed by atoms with Gasteiger partial charge in [0.15, 0.2) is 0 Å². The lowest BCUT2D eigenvalue weighted by Gasteiger charge is -2.13. The molecule has 1 unspecified atom stereocenters. The highest BCUT2D eigenvalue weighted by atomic mass is 32.2. The van der Waals surface area contributed by atoms with Gasteiger partial charge < -0.3 is 10.6 Å². The largest absolute Gasteiger partial charge is 0.385 e. The van der Waals surface area contributed by atoms with Gasteiger partial charge in [-0.1, -0.05) is 0 Å². The summed E-state index contributed by atoms with van der Waals surface area (Å²) in [7, 11) is 0. The minimum absolute atomic E-state index is 0.0261. The Balaban J connectivity index is 1.93. The minimum Gasteiger partial charge on any atom is -0.385 e. The molecule has 1 amide bonds. The average Bonchev–Trinajstić information content (AvgIpc) is 2.82. The van der Waals surface area contributed by atoms with Crippen LogP contribution in [0, 0.1) is 12.8 Å². The third kappa shape index (κ3) is 3.67. The summed E-state index contributed by atoms with van der Waals surface area (Å²) in [5.74, 6) is 3.34. The molecule has 18 heavy (non-hydrogen) atoms. The van der Waals surface area contributed by atoms with Crippen molar-refractivity contribution in [1.82, 2.24) is 0 Å². The van der Waals surface area contributed by atoms with Crippen LogP contribution in [0.2, 0.25) is 0 Å². The number of carbonyl (C=O) groups excluding carboxylic acids is 1. The molecule has 0 radical (unpaired) electrons. The maximum absolute atomic E-state index is 11.0. The first-order valence-corrected chi connectivity index (χ1v) is 7.50. The summed E-state index contributed by atoms with van der Waals surface area (Å²) in [6.07, 6.45) is 1.32. The van der Waals surface area contributed by atoms with E-state index in [1.807, 2.05) is 30.8 Å². The van der Waals surface area contributed by atoms with E-state index in [-0.39, 0.29) is 5.91 Å². The molecule has 98 valence electrons. The van der Waals surface area contributed by atoms with Gasteiger partial charge in [0.05, 0.1) is 0 Å². The number of hydrogen-bond acceptors (Lipinski definition) is 3. The van der Waals surface area contributed by atoms with Gasteiger partial charge in [0.1, 0.15) is 0 Å². The van der Waals surface area contributed by atoms with E-state index < -0.39 is 0 Å². The molecule has 3 nitrogen and oxygen atoms in total. The molecule has 0 aromatic heterocycles. The first-order valence-electron chi connectivity index (χ1n) is 6.35. The Kier molecular flexibility index (Phi) is 4.53. The highest BCUT2D eigenvalue weighted by molar-refractivity contribution is 7.99. The normalized spacial score (nSPS) is 18.7. The summed E-state index contributed by atoms with van der Waals surface area (Å²) in [4.78, 5) is 11.0. The zero-order chi connectivity index (χ0) is 13.0. The molecule has 0 spiro atoms. The van der Waals surface area contributed by atoms with Crippen LogP contribution in [0.3, 0.4) is 0 Å². The fraction of sp³-hybridized carbons (Fsp3) is 0.500. The molecule has 1 saturated heterocycles. The van der Waals surface area contributed by atoms with Crippen molar-refractivity contribution in [2.75, 3.05) is 28.7 Å². The van der Waals surface area contributed by atoms with Crippen LogP contribution in [0.15, 0.2) is 18.2 Å². The van der Waals surface area contributed by atoms with Crippen LogP contribution in [0.25, 0.3) is 0 Å². The number of amides is 1. The lowest BCUT2D eigenvalue weighted by Crippen LogP contribution is -2.13. The summed E-state index contributed by atoms with van der Waals surface area (Å²) < 4.78 is 0. The molecule has 1 heterocycles. The number of aryl methyl sites for hydroxylation is 1. The lowest BCUT2D eigenvalue weighted by molar-refractivity contribution is -0.114. The third-order valence-electron chi connectivity index (χ3n) is 3.16. The summed E-state index contributed by atoms with van der Waals surface area (Å²) in [6.45, 7) is 4.59. The van der Waals surface area contributed by atoms with Crippen molar-refractivity contribution in [1.29, 1.82) is 0 Å². The van der Waals surface area contributed by atoms with E-state index in [0.29, 0.717) is 0 Å². The molecule has 2 N–H and O–H groups in total. The topological polar surface area (TPSA) is 41.1 Å². The average molecular weight is 264 g/mol. The summed E-state index contributed by atoms with van der Waals surface area (Å²) in [5, 5.41) is 6.31. The second-order valence-corrected chi connectivity index (χ2v) is 5.97. The highest BCUT2D eigenvalue weighted by Crippen LogP contribution is 2.25. The maximum Gasteiger partial charge on any atom is 0.221 e. The fourth-order valence-corrected chi connectivity index (χ4v) is 3.39. The van der Waals surface area contributed by atoms with Crippen LogP contribution in [-0.2, 0) is 4.79 Å². The van der Waals surface area contributed by atoms with Gasteiger partial charge in [-0.15, -0.1) is 0 Å². The number of thioether (sulfide) groups is 1. The Labute approximate surface area is 113 Å². The minimum atomic E-state index is -0.0261. The second kappa shape index (κ2) is 6.14. The number of rotatable bonds is 4. The van der Waals surface area contributed by atoms with Gasteiger partial charge in [-0.2, -0.15) is 11.8 Å². The molecule has 0 aliphatic carbocycles. The van der Waals surface area contributed by atoms with Crippen molar-refractivity contribution in [2.24, 2.45) is 5.92 Å². The van der Waals surface area contributed by atoms with Crippen molar-refractivity contribution in [3.8, 4) is 0 Å². The monoisotopic (exact) mass is 264 g/mol. The smallest absolute Gasteiger partial charge is 0.221 e. The molecule has 1 aromatic rings. The molecule has 2 rings (SSSR count). The van der Waals surface area contributed by atoms with Crippen molar-refractivity contribution < 1.29 is 4.79 Å². The molecular weight excluding hydrogens is 244 g/mol. The van der Waals surface area contributed by atoms with Gasteiger partial charge >= 0.3 is 0 Å². The van der Waals surface area contributed by atoms with E-state index in [0.717, 1.165) is 29.4 Å². The van der Waals surface area contributed by atoms with Crippen LogP contribution < -0.4 is 10.6 Å². The third-order valence-corrected chi connectivity index (χ3v) is 4.39.